The third kappa shape index (κ3) is 12.4. The second kappa shape index (κ2) is 19.7. The van der Waals surface area contributed by atoms with Crippen LogP contribution in [0, 0.1) is 6.92 Å². The van der Waals surface area contributed by atoms with Gasteiger partial charge < -0.3 is 31.8 Å². The van der Waals surface area contributed by atoms with E-state index in [0.717, 1.165) is 30.6 Å². The van der Waals surface area contributed by atoms with Crippen molar-refractivity contribution in [2.24, 2.45) is 0 Å². The minimum absolute atomic E-state index is 0. The number of unbranched alkanes of at least 4 members (excludes halogenated alkanes) is 11. The summed E-state index contributed by atoms with van der Waals surface area (Å²) < 4.78 is 13.6. The van der Waals surface area contributed by atoms with Gasteiger partial charge in [-0.25, -0.2) is 0 Å². The number of hydrogen-bond donors (Lipinski definition) is 1. The lowest BCUT2D eigenvalue weighted by Crippen LogP contribution is -3.00. The van der Waals surface area contributed by atoms with E-state index < -0.39 is 0 Å². The van der Waals surface area contributed by atoms with Gasteiger partial charge in [-0.1, -0.05) is 101 Å². The number of anilines is 1. The number of hydrogen-bond acceptors (Lipinski definition) is 4. The lowest BCUT2D eigenvalue weighted by Gasteiger charge is -2.13. The molecule has 1 amide bonds. The van der Waals surface area contributed by atoms with E-state index in [1.54, 1.807) is 36.6 Å². The fourth-order valence-electron chi connectivity index (χ4n) is 4.75. The van der Waals surface area contributed by atoms with Crippen LogP contribution in [0.1, 0.15) is 105 Å². The molecule has 5 nitrogen and oxygen atoms in total. The molecule has 0 spiro atoms. The van der Waals surface area contributed by atoms with Crippen LogP contribution in [0.3, 0.4) is 0 Å². The van der Waals surface area contributed by atoms with Gasteiger partial charge in [-0.15, -0.1) is 0 Å². The molecule has 2 aromatic carbocycles. The van der Waals surface area contributed by atoms with Gasteiger partial charge in [-0.2, -0.15) is 4.57 Å². The number of thiazole rings is 1. The van der Waals surface area contributed by atoms with Crippen molar-refractivity contribution >= 4 is 22.9 Å². The van der Waals surface area contributed by atoms with Crippen LogP contribution in [0.2, 0.25) is 0 Å². The molecule has 0 fully saturated rings. The Labute approximate surface area is 256 Å². The number of methoxy groups -OCH3 is 1. The predicted octanol–water partition coefficient (Wildman–Crippen LogP) is 5.74. The monoisotopic (exact) mass is 630 g/mol. The number of amides is 1. The van der Waals surface area contributed by atoms with Gasteiger partial charge in [0, 0.05) is 17.3 Å². The summed E-state index contributed by atoms with van der Waals surface area (Å²) in [6.45, 7) is 5.73. The molecular formula is C33H47BrN2O3S. The highest BCUT2D eigenvalue weighted by atomic mass is 79.9. The van der Waals surface area contributed by atoms with Crippen LogP contribution >= 0.6 is 11.3 Å². The van der Waals surface area contributed by atoms with Crippen molar-refractivity contribution < 1.29 is 35.8 Å². The molecule has 3 aromatic rings. The van der Waals surface area contributed by atoms with Crippen molar-refractivity contribution in [1.82, 2.24) is 0 Å². The summed E-state index contributed by atoms with van der Waals surface area (Å²) in [6.07, 6.45) is 17.8. The first-order chi connectivity index (χ1) is 19.1. The minimum Gasteiger partial charge on any atom is -1.00 e. The van der Waals surface area contributed by atoms with Gasteiger partial charge >= 0.3 is 0 Å². The van der Waals surface area contributed by atoms with Gasteiger partial charge in [-0.05, 0) is 37.6 Å². The van der Waals surface area contributed by atoms with Crippen LogP contribution in [0.25, 0.3) is 0 Å². The standard InChI is InChI=1S/C33H46N2O3S.BrH/c1-4-5-6-7-8-9-10-11-12-13-14-15-21-38-32-23-30(37-3)19-20-31(32)33(36)34-29-18-16-17-28(22-29)25-35-24-27(2)39-26-35;/h16-20,22-24,26H,4-15,21,25H2,1-3H3;1H. The Hall–Kier alpha value is -2.38. The zero-order valence-electron chi connectivity index (χ0n) is 24.6. The Morgan fingerprint density at radius 3 is 2.20 bits per heavy atom. The summed E-state index contributed by atoms with van der Waals surface area (Å²) in [5, 5.41) is 3.05. The highest BCUT2D eigenvalue weighted by Crippen LogP contribution is 2.26. The smallest absolute Gasteiger partial charge is 0.259 e. The normalized spacial score (nSPS) is 10.7. The highest BCUT2D eigenvalue weighted by molar-refractivity contribution is 7.09. The van der Waals surface area contributed by atoms with Crippen LogP contribution in [-0.2, 0) is 6.54 Å². The van der Waals surface area contributed by atoms with Crippen LogP contribution < -0.4 is 36.3 Å². The molecule has 0 aliphatic heterocycles. The molecule has 0 unspecified atom stereocenters. The van der Waals surface area contributed by atoms with Crippen LogP contribution in [0.5, 0.6) is 11.5 Å². The molecule has 0 atom stereocenters. The van der Waals surface area contributed by atoms with E-state index in [1.807, 2.05) is 18.2 Å². The fraction of sp³-hybridized carbons (Fsp3) is 0.515. The van der Waals surface area contributed by atoms with E-state index in [9.17, 15) is 4.79 Å². The second-order valence-electron chi connectivity index (χ2n) is 10.4. The van der Waals surface area contributed by atoms with Crippen molar-refractivity contribution in [1.29, 1.82) is 0 Å². The maximum Gasteiger partial charge on any atom is 0.259 e. The Bertz CT molecular complexity index is 1130. The van der Waals surface area contributed by atoms with E-state index in [2.05, 4.69) is 41.5 Å². The minimum atomic E-state index is -0.182. The first kappa shape index (κ1) is 33.8. The number of ether oxygens (including phenoxy) is 2. The number of halogens is 1. The van der Waals surface area contributed by atoms with Gasteiger partial charge in [0.2, 0.25) is 5.51 Å². The van der Waals surface area contributed by atoms with E-state index in [-0.39, 0.29) is 22.9 Å². The molecule has 0 saturated carbocycles. The van der Waals surface area contributed by atoms with Gasteiger partial charge in [0.25, 0.3) is 5.91 Å². The molecule has 0 bridgehead atoms. The van der Waals surface area contributed by atoms with E-state index in [1.165, 1.54) is 69.1 Å². The van der Waals surface area contributed by atoms with Crippen molar-refractivity contribution in [3.63, 3.8) is 0 Å². The topological polar surface area (TPSA) is 51.4 Å². The first-order valence-corrected chi connectivity index (χ1v) is 15.6. The number of carbonyl (C=O) groups excluding carboxylic acids is 1. The molecule has 0 aliphatic rings. The largest absolute Gasteiger partial charge is 1.00 e. The maximum atomic E-state index is 13.2. The molecule has 220 valence electrons. The molecule has 7 heteroatoms. The van der Waals surface area contributed by atoms with E-state index in [4.69, 9.17) is 9.47 Å². The molecule has 1 aromatic heterocycles. The van der Waals surface area contributed by atoms with Gasteiger partial charge in [0.1, 0.15) is 11.5 Å². The Kier molecular flexibility index (Phi) is 16.6. The maximum absolute atomic E-state index is 13.2. The number of aryl methyl sites for hydroxylation is 1. The van der Waals surface area contributed by atoms with Crippen molar-refractivity contribution in [3.05, 3.63) is 70.2 Å². The SMILES string of the molecule is CCCCCCCCCCCCCCOc1cc(OC)ccc1C(=O)Nc1cccc(C[n+]2csc(C)c2)c1.[Br-]. The molecule has 0 saturated heterocycles. The lowest BCUT2D eigenvalue weighted by molar-refractivity contribution is -0.683. The Morgan fingerprint density at radius 2 is 1.57 bits per heavy atom. The van der Waals surface area contributed by atoms with Crippen LogP contribution in [0.4, 0.5) is 5.69 Å². The predicted molar refractivity (Wildman–Crippen MR) is 162 cm³/mol. The number of aromatic nitrogens is 1. The number of benzene rings is 2. The summed E-state index contributed by atoms with van der Waals surface area (Å²) >= 11 is 1.73. The Balaban J connectivity index is 0.00000560. The number of carbonyl (C=O) groups is 1. The second-order valence-corrected chi connectivity index (χ2v) is 11.5. The van der Waals surface area contributed by atoms with Gasteiger partial charge in [0.05, 0.1) is 24.2 Å². The Morgan fingerprint density at radius 1 is 0.900 bits per heavy atom. The molecule has 40 heavy (non-hydrogen) atoms. The third-order valence-electron chi connectivity index (χ3n) is 6.96. The zero-order chi connectivity index (χ0) is 27.7. The van der Waals surface area contributed by atoms with Gasteiger partial charge in [0.15, 0.2) is 12.7 Å². The molecular weight excluding hydrogens is 584 g/mol. The summed E-state index contributed by atoms with van der Waals surface area (Å²) in [4.78, 5) is 14.5. The first-order valence-electron chi connectivity index (χ1n) is 14.7. The quantitative estimate of drug-likeness (QED) is 0.136. The average molecular weight is 632 g/mol. The van der Waals surface area contributed by atoms with Crippen molar-refractivity contribution in [2.45, 2.75) is 97.4 Å². The van der Waals surface area contributed by atoms with Crippen molar-refractivity contribution in [2.75, 3.05) is 19.0 Å². The lowest BCUT2D eigenvalue weighted by atomic mass is 10.1. The summed E-state index contributed by atoms with van der Waals surface area (Å²) in [7, 11) is 1.63. The molecule has 1 heterocycles. The summed E-state index contributed by atoms with van der Waals surface area (Å²) in [5.74, 6) is 1.07. The molecule has 0 aliphatic carbocycles. The summed E-state index contributed by atoms with van der Waals surface area (Å²) in [6, 6.07) is 13.4. The fourth-order valence-corrected chi connectivity index (χ4v) is 5.38. The van der Waals surface area contributed by atoms with E-state index >= 15 is 0 Å². The number of nitrogens with zero attached hydrogens (tertiary/aromatic N) is 1. The van der Waals surface area contributed by atoms with E-state index in [0.29, 0.717) is 23.7 Å². The average Bonchev–Trinajstić information content (AvgIpc) is 3.35. The van der Waals surface area contributed by atoms with Gasteiger partial charge in [-0.3, -0.25) is 4.79 Å². The van der Waals surface area contributed by atoms with Crippen molar-refractivity contribution in [3.8, 4) is 11.5 Å². The highest BCUT2D eigenvalue weighted by Gasteiger charge is 2.15. The third-order valence-corrected chi connectivity index (χ3v) is 7.81. The number of rotatable bonds is 19. The van der Waals surface area contributed by atoms with Crippen LogP contribution in [0.15, 0.2) is 54.2 Å². The molecule has 1 N–H and O–H groups in total. The van der Waals surface area contributed by atoms with Crippen LogP contribution in [-0.4, -0.2) is 19.6 Å². The molecule has 0 radical (unpaired) electrons. The molecule has 3 rings (SSSR count). The zero-order valence-corrected chi connectivity index (χ0v) is 27.0. The number of nitrogens with one attached hydrogen (secondary N) is 1. The summed E-state index contributed by atoms with van der Waals surface area (Å²) in [5.41, 5.74) is 4.53.